The minimum absolute atomic E-state index is 0.0369. The smallest absolute Gasteiger partial charge is 0.408 e. The summed E-state index contributed by atoms with van der Waals surface area (Å²) in [5.41, 5.74) is -1.31. The summed E-state index contributed by atoms with van der Waals surface area (Å²) in [7, 11) is 1.75. The Morgan fingerprint density at radius 1 is 0.768 bits per heavy atom. The normalized spacial score (nSPS) is 19.9. The van der Waals surface area contributed by atoms with E-state index < -0.39 is 53.0 Å². The number of hydrogen-bond donors (Lipinski definition) is 4. The average molecular weight is 798 g/mol. The fraction of sp³-hybridized carbons (Fsp3) is 0.881. The van der Waals surface area contributed by atoms with Crippen LogP contribution in [0.4, 0.5) is 4.79 Å². The van der Waals surface area contributed by atoms with Crippen LogP contribution in [0.5, 0.6) is 0 Å². The van der Waals surface area contributed by atoms with E-state index in [0.29, 0.717) is 64.1 Å². The number of carbonyl (C=O) groups is 5. The van der Waals surface area contributed by atoms with E-state index in [1.54, 1.807) is 7.05 Å². The molecule has 4 atom stereocenters. The van der Waals surface area contributed by atoms with Gasteiger partial charge in [0.05, 0.1) is 24.3 Å². The van der Waals surface area contributed by atoms with E-state index in [4.69, 9.17) is 14.2 Å². The zero-order chi connectivity index (χ0) is 42.6. The number of amides is 2. The van der Waals surface area contributed by atoms with Crippen molar-refractivity contribution in [1.82, 2.24) is 20.9 Å². The Morgan fingerprint density at radius 2 is 1.23 bits per heavy atom. The maximum absolute atomic E-state index is 14.4. The van der Waals surface area contributed by atoms with Crippen molar-refractivity contribution >= 4 is 29.7 Å². The van der Waals surface area contributed by atoms with Gasteiger partial charge in [0.25, 0.3) is 0 Å². The van der Waals surface area contributed by atoms with Gasteiger partial charge in [-0.1, -0.05) is 54.4 Å². The largest absolute Gasteiger partial charge is 0.634 e. The Morgan fingerprint density at radius 3 is 1.66 bits per heavy atom. The summed E-state index contributed by atoms with van der Waals surface area (Å²) in [6.45, 7) is 22.3. The maximum Gasteiger partial charge on any atom is 0.408 e. The fourth-order valence-corrected chi connectivity index (χ4v) is 7.65. The van der Waals surface area contributed by atoms with Gasteiger partial charge in [-0.2, -0.15) is 0 Å². The summed E-state index contributed by atoms with van der Waals surface area (Å²) < 4.78 is 16.9. The quantitative estimate of drug-likeness (QED) is 0.0386. The number of quaternary nitrogens is 1. The van der Waals surface area contributed by atoms with Crippen LogP contribution in [-0.2, 0) is 33.4 Å². The van der Waals surface area contributed by atoms with E-state index in [2.05, 4.69) is 29.8 Å². The number of carbonyl (C=O) groups excluding carboxylic acids is 5. The van der Waals surface area contributed by atoms with Gasteiger partial charge in [0, 0.05) is 18.9 Å². The molecule has 14 nitrogen and oxygen atoms in total. The third kappa shape index (κ3) is 18.2. The molecule has 0 aromatic carbocycles. The van der Waals surface area contributed by atoms with Crippen molar-refractivity contribution in [3.05, 3.63) is 5.21 Å². The second-order valence-electron chi connectivity index (χ2n) is 17.9. The third-order valence-electron chi connectivity index (χ3n) is 10.4. The lowest BCUT2D eigenvalue weighted by Gasteiger charge is -2.54. The molecule has 0 aliphatic carbocycles. The predicted molar refractivity (Wildman–Crippen MR) is 219 cm³/mol. The van der Waals surface area contributed by atoms with E-state index in [1.807, 2.05) is 60.3 Å². The number of nitrogens with zero attached hydrogens (tertiary/aromatic N) is 1. The Hall–Kier alpha value is -2.81. The summed E-state index contributed by atoms with van der Waals surface area (Å²) in [6, 6.07) is -2.83. The number of nitrogens with one attached hydrogen (secondary N) is 4. The number of likely N-dealkylation sites (N-methyl/N-ethyl adjacent to an activating group) is 1. The van der Waals surface area contributed by atoms with Crippen LogP contribution in [0.3, 0.4) is 0 Å². The molecule has 1 aliphatic heterocycles. The number of alkyl carbamates (subject to hydrolysis) is 1. The van der Waals surface area contributed by atoms with Crippen LogP contribution in [0.2, 0.25) is 0 Å². The monoisotopic (exact) mass is 798 g/mol. The molecule has 1 fully saturated rings. The van der Waals surface area contributed by atoms with Gasteiger partial charge in [-0.3, -0.25) is 19.3 Å². The molecule has 14 heteroatoms. The molecule has 0 aromatic heterocycles. The lowest BCUT2D eigenvalue weighted by atomic mass is 9.79. The molecule has 0 aromatic rings. The number of ether oxygens (including phenoxy) is 3. The minimum atomic E-state index is -1.44. The summed E-state index contributed by atoms with van der Waals surface area (Å²) >= 11 is 0. The zero-order valence-corrected chi connectivity index (χ0v) is 37.0. The van der Waals surface area contributed by atoms with Gasteiger partial charge in [-0.25, -0.2) is 9.59 Å². The molecule has 326 valence electrons. The number of rotatable bonds is 27. The van der Waals surface area contributed by atoms with E-state index >= 15 is 0 Å². The first-order chi connectivity index (χ1) is 26.2. The van der Waals surface area contributed by atoms with Crippen LogP contribution >= 0.6 is 0 Å². The molecule has 2 amide bonds. The van der Waals surface area contributed by atoms with Crippen LogP contribution in [0.25, 0.3) is 0 Å². The number of Topliss-reactive ketones (excluding diaryl/α,β-unsaturated/α-hetero) is 1. The number of hydrogen-bond acceptors (Lipinski definition) is 11. The minimum Gasteiger partial charge on any atom is -0.634 e. The molecule has 56 heavy (non-hydrogen) atoms. The van der Waals surface area contributed by atoms with Gasteiger partial charge in [0.2, 0.25) is 5.91 Å². The molecule has 1 heterocycles. The number of esters is 2. The first-order valence-corrected chi connectivity index (χ1v) is 21.3. The summed E-state index contributed by atoms with van der Waals surface area (Å²) in [4.78, 5) is 68.9. The molecule has 1 rings (SSSR count). The molecule has 0 bridgehead atoms. The van der Waals surface area contributed by atoms with Crippen LogP contribution in [0.15, 0.2) is 0 Å². The van der Waals surface area contributed by atoms with Gasteiger partial charge in [-0.15, -0.1) is 0 Å². The lowest BCUT2D eigenvalue weighted by molar-refractivity contribution is -0.955. The van der Waals surface area contributed by atoms with Crippen molar-refractivity contribution in [2.24, 2.45) is 11.8 Å². The molecule has 1 aliphatic rings. The lowest BCUT2D eigenvalue weighted by Crippen LogP contribution is -3.23. The van der Waals surface area contributed by atoms with Gasteiger partial charge < -0.3 is 40.4 Å². The van der Waals surface area contributed by atoms with Gasteiger partial charge in [0.15, 0.2) is 11.9 Å². The molecule has 4 unspecified atom stereocenters. The standard InChI is InChI=1S/C42H79N5O9/c1-13-15-21-46(22-16-14-2)35(36(31(7)48)56-40(52)44-32-27-41(8,9)47(53)42(10,11)28-32)37(49)45-34(26-30(5)6)39(51)55-24-20-18-17-19-23-54-38(50)33(43-12)25-29(3)4/h29-30,32-36,43,47H,13-28H2,1-12H3,(H,44,52)(H,45,49). The molecule has 0 radical (unpaired) electrons. The first kappa shape index (κ1) is 51.2. The van der Waals surface area contributed by atoms with Gasteiger partial charge in [0.1, 0.15) is 18.1 Å². The van der Waals surface area contributed by atoms with Crippen molar-refractivity contribution < 1.29 is 43.2 Å². The van der Waals surface area contributed by atoms with E-state index in [-0.39, 0.29) is 35.6 Å². The predicted octanol–water partition coefficient (Wildman–Crippen LogP) is 4.86. The van der Waals surface area contributed by atoms with Crippen LogP contribution < -0.4 is 21.0 Å². The second kappa shape index (κ2) is 25.5. The molecule has 4 N–H and O–H groups in total. The van der Waals surface area contributed by atoms with Crippen molar-refractivity contribution in [2.45, 2.75) is 195 Å². The Kier molecular flexibility index (Phi) is 23.3. The van der Waals surface area contributed by atoms with Crippen molar-refractivity contribution in [2.75, 3.05) is 33.4 Å². The average Bonchev–Trinajstić information content (AvgIpc) is 3.09. The Balaban J connectivity index is 3.07. The molecular weight excluding hydrogens is 718 g/mol. The Bertz CT molecular complexity index is 1190. The van der Waals surface area contributed by atoms with E-state index in [1.165, 1.54) is 6.92 Å². The van der Waals surface area contributed by atoms with Crippen LogP contribution in [-0.4, -0.2) is 109 Å². The number of piperidine rings is 1. The Labute approximate surface area is 338 Å². The second-order valence-corrected chi connectivity index (χ2v) is 17.9. The molecule has 0 spiro atoms. The van der Waals surface area contributed by atoms with E-state index in [0.717, 1.165) is 38.5 Å². The van der Waals surface area contributed by atoms with Gasteiger partial charge in [-0.05, 0) is 118 Å². The molecular formula is C42H79N5O9. The van der Waals surface area contributed by atoms with Crippen molar-refractivity contribution in [3.63, 3.8) is 0 Å². The highest BCUT2D eigenvalue weighted by molar-refractivity contribution is 5.94. The topological polar surface area (TPSA) is 180 Å². The third-order valence-corrected chi connectivity index (χ3v) is 10.4. The highest BCUT2D eigenvalue weighted by Gasteiger charge is 2.46. The summed E-state index contributed by atoms with van der Waals surface area (Å²) in [5, 5.41) is 21.9. The van der Waals surface area contributed by atoms with Crippen LogP contribution in [0, 0.1) is 17.0 Å². The summed E-state index contributed by atoms with van der Waals surface area (Å²) in [5.74, 6) is -1.47. The van der Waals surface area contributed by atoms with Crippen molar-refractivity contribution in [3.8, 4) is 0 Å². The SMILES string of the molecule is CCCCN(CCCC)C(C(=O)NC(CC(C)C)C(=O)OCCCCCCOC(=O)C(CC(C)C)NC)C(OC(=O)NC1CC(C)(C)[NH+]([O-])C(C)(C)C1)C(C)=O. The fourth-order valence-electron chi connectivity index (χ4n) is 7.65. The highest BCUT2D eigenvalue weighted by atomic mass is 16.6. The number of hydroxylamine groups is 2. The first-order valence-electron chi connectivity index (χ1n) is 21.3. The zero-order valence-electron chi connectivity index (χ0n) is 37.0. The summed E-state index contributed by atoms with van der Waals surface area (Å²) in [6.07, 6.45) is 5.66. The maximum atomic E-state index is 14.4. The molecule has 1 saturated heterocycles. The van der Waals surface area contributed by atoms with E-state index in [9.17, 15) is 29.2 Å². The van der Waals surface area contributed by atoms with Crippen LogP contribution in [0.1, 0.15) is 153 Å². The number of unbranched alkanes of at least 4 members (excludes halogenated alkanes) is 5. The van der Waals surface area contributed by atoms with Crippen molar-refractivity contribution in [1.29, 1.82) is 0 Å². The number of ketones is 1. The molecule has 0 saturated carbocycles. The van der Waals surface area contributed by atoms with Gasteiger partial charge >= 0.3 is 18.0 Å². The highest BCUT2D eigenvalue weighted by Crippen LogP contribution is 2.24.